The Morgan fingerprint density at radius 1 is 1.04 bits per heavy atom. The zero-order valence-electron chi connectivity index (χ0n) is 13.6. The summed E-state index contributed by atoms with van der Waals surface area (Å²) < 4.78 is 70.3. The predicted octanol–water partition coefficient (Wildman–Crippen LogP) is 1.71. The number of hydrogen-bond donors (Lipinski definition) is 2. The zero-order valence-corrected chi connectivity index (χ0v) is 14.4. The Bertz CT molecular complexity index is 902. The highest BCUT2D eigenvalue weighted by molar-refractivity contribution is 7.89. The van der Waals surface area contributed by atoms with Crippen molar-refractivity contribution >= 4 is 15.9 Å². The van der Waals surface area contributed by atoms with Gasteiger partial charge in [0.05, 0.1) is 13.7 Å². The first-order valence-electron chi connectivity index (χ1n) is 7.27. The van der Waals surface area contributed by atoms with Crippen LogP contribution in [0.15, 0.2) is 41.3 Å². The highest BCUT2D eigenvalue weighted by Gasteiger charge is 2.24. The number of halogens is 3. The lowest BCUT2D eigenvalue weighted by Gasteiger charge is -2.09. The molecule has 0 spiro atoms. The van der Waals surface area contributed by atoms with Crippen LogP contribution < -0.4 is 14.8 Å². The smallest absolute Gasteiger partial charge is 0.244 e. The van der Waals surface area contributed by atoms with Gasteiger partial charge in [-0.25, -0.2) is 26.3 Å². The van der Waals surface area contributed by atoms with Crippen molar-refractivity contribution in [3.63, 3.8) is 0 Å². The summed E-state index contributed by atoms with van der Waals surface area (Å²) in [5.41, 5.74) is 0.744. The summed E-state index contributed by atoms with van der Waals surface area (Å²) in [7, 11) is -3.01. The van der Waals surface area contributed by atoms with E-state index in [4.69, 9.17) is 4.74 Å². The standard InChI is InChI=1S/C16H15F3N2O4S/c1-25-11-4-2-10(3-5-11)8-20-14(22)9-21-26(23,24)13-7-6-12(17)15(18)16(13)19/h2-7,21H,8-9H2,1H3,(H,20,22). The molecule has 0 heterocycles. The Morgan fingerprint density at radius 3 is 2.31 bits per heavy atom. The molecule has 0 fully saturated rings. The van der Waals surface area contributed by atoms with Crippen LogP contribution in [0.1, 0.15) is 5.56 Å². The van der Waals surface area contributed by atoms with Crippen molar-refractivity contribution in [2.45, 2.75) is 11.4 Å². The molecular formula is C16H15F3N2O4S. The first-order chi connectivity index (χ1) is 12.2. The summed E-state index contributed by atoms with van der Waals surface area (Å²) in [5, 5.41) is 2.46. The fourth-order valence-electron chi connectivity index (χ4n) is 1.96. The van der Waals surface area contributed by atoms with E-state index >= 15 is 0 Å². The maximum atomic E-state index is 13.6. The Hall–Kier alpha value is -2.59. The maximum absolute atomic E-state index is 13.6. The van der Waals surface area contributed by atoms with E-state index in [2.05, 4.69) is 5.32 Å². The van der Waals surface area contributed by atoms with E-state index in [-0.39, 0.29) is 6.54 Å². The SMILES string of the molecule is COc1ccc(CNC(=O)CNS(=O)(=O)c2ccc(F)c(F)c2F)cc1. The summed E-state index contributed by atoms with van der Waals surface area (Å²) in [6.07, 6.45) is 0. The Morgan fingerprint density at radius 2 is 1.69 bits per heavy atom. The van der Waals surface area contributed by atoms with Crippen LogP contribution in [-0.4, -0.2) is 28.0 Å². The second kappa shape index (κ2) is 8.19. The van der Waals surface area contributed by atoms with Crippen molar-refractivity contribution in [2.75, 3.05) is 13.7 Å². The average molecular weight is 388 g/mol. The van der Waals surface area contributed by atoms with E-state index in [9.17, 15) is 26.4 Å². The number of carbonyl (C=O) groups excluding carboxylic acids is 1. The van der Waals surface area contributed by atoms with Crippen LogP contribution in [0.2, 0.25) is 0 Å². The summed E-state index contributed by atoms with van der Waals surface area (Å²) in [5.74, 6) is -5.32. The minimum absolute atomic E-state index is 0.129. The minimum Gasteiger partial charge on any atom is -0.497 e. The molecule has 10 heteroatoms. The fourth-order valence-corrected chi connectivity index (χ4v) is 3.01. The molecule has 1 amide bonds. The van der Waals surface area contributed by atoms with Crippen LogP contribution in [0.4, 0.5) is 13.2 Å². The van der Waals surface area contributed by atoms with Gasteiger partial charge in [0.15, 0.2) is 17.5 Å². The van der Waals surface area contributed by atoms with E-state index in [1.54, 1.807) is 24.3 Å². The summed E-state index contributed by atoms with van der Waals surface area (Å²) in [6.45, 7) is -0.568. The lowest BCUT2D eigenvalue weighted by atomic mass is 10.2. The van der Waals surface area contributed by atoms with E-state index in [0.717, 1.165) is 5.56 Å². The zero-order chi connectivity index (χ0) is 19.3. The van der Waals surface area contributed by atoms with Gasteiger partial charge in [0.25, 0.3) is 0 Å². The first kappa shape index (κ1) is 19.7. The minimum atomic E-state index is -4.53. The number of ether oxygens (including phenoxy) is 1. The van der Waals surface area contributed by atoms with Gasteiger partial charge < -0.3 is 10.1 Å². The third-order valence-corrected chi connectivity index (χ3v) is 4.78. The molecule has 2 aromatic rings. The van der Waals surface area contributed by atoms with Crippen LogP contribution >= 0.6 is 0 Å². The van der Waals surface area contributed by atoms with Gasteiger partial charge in [-0.05, 0) is 29.8 Å². The third-order valence-electron chi connectivity index (χ3n) is 3.36. The molecule has 2 aromatic carbocycles. The van der Waals surface area contributed by atoms with Crippen molar-refractivity contribution in [1.29, 1.82) is 0 Å². The topological polar surface area (TPSA) is 84.5 Å². The van der Waals surface area contributed by atoms with Crippen LogP contribution in [0.3, 0.4) is 0 Å². The number of benzene rings is 2. The molecule has 6 nitrogen and oxygen atoms in total. The van der Waals surface area contributed by atoms with Crippen LogP contribution in [0.5, 0.6) is 5.75 Å². The molecule has 0 saturated heterocycles. The molecular weight excluding hydrogens is 373 g/mol. The van der Waals surface area contributed by atoms with E-state index in [1.807, 2.05) is 4.72 Å². The number of hydrogen-bond acceptors (Lipinski definition) is 4. The molecule has 0 saturated carbocycles. The highest BCUT2D eigenvalue weighted by Crippen LogP contribution is 2.19. The number of rotatable bonds is 7. The Balaban J connectivity index is 1.94. The van der Waals surface area contributed by atoms with Crippen molar-refractivity contribution in [2.24, 2.45) is 0 Å². The van der Waals surface area contributed by atoms with Crippen LogP contribution in [0.25, 0.3) is 0 Å². The summed E-state index contributed by atoms with van der Waals surface area (Å²) in [6, 6.07) is 7.86. The lowest BCUT2D eigenvalue weighted by molar-refractivity contribution is -0.120. The van der Waals surface area contributed by atoms with E-state index in [1.165, 1.54) is 7.11 Å². The molecule has 0 atom stereocenters. The fraction of sp³-hybridized carbons (Fsp3) is 0.188. The second-order valence-corrected chi connectivity index (χ2v) is 6.86. The molecule has 2 N–H and O–H groups in total. The lowest BCUT2D eigenvalue weighted by Crippen LogP contribution is -2.37. The van der Waals surface area contributed by atoms with Crippen molar-refractivity contribution in [1.82, 2.24) is 10.0 Å². The number of methoxy groups -OCH3 is 1. The van der Waals surface area contributed by atoms with Crippen molar-refractivity contribution in [3.8, 4) is 5.75 Å². The largest absolute Gasteiger partial charge is 0.497 e. The van der Waals surface area contributed by atoms with Gasteiger partial charge in [-0.2, -0.15) is 0 Å². The molecule has 140 valence electrons. The van der Waals surface area contributed by atoms with Crippen LogP contribution in [0, 0.1) is 17.5 Å². The summed E-state index contributed by atoms with van der Waals surface area (Å²) in [4.78, 5) is 10.6. The molecule has 2 rings (SSSR count). The molecule has 0 radical (unpaired) electrons. The third kappa shape index (κ3) is 4.73. The van der Waals surface area contributed by atoms with Gasteiger partial charge >= 0.3 is 0 Å². The van der Waals surface area contributed by atoms with Gasteiger partial charge in [0.2, 0.25) is 15.9 Å². The van der Waals surface area contributed by atoms with Gasteiger partial charge in [0.1, 0.15) is 10.6 Å². The van der Waals surface area contributed by atoms with Gasteiger partial charge in [-0.3, -0.25) is 4.79 Å². The average Bonchev–Trinajstić information content (AvgIpc) is 2.63. The molecule has 0 aliphatic rings. The van der Waals surface area contributed by atoms with Gasteiger partial charge in [0, 0.05) is 6.54 Å². The number of carbonyl (C=O) groups is 1. The Labute approximate surface area is 148 Å². The Kier molecular flexibility index (Phi) is 6.22. The molecule has 0 aliphatic heterocycles. The molecule has 0 bridgehead atoms. The van der Waals surface area contributed by atoms with Crippen molar-refractivity contribution < 1.29 is 31.1 Å². The molecule has 0 aliphatic carbocycles. The number of amides is 1. The molecule has 0 aromatic heterocycles. The van der Waals surface area contributed by atoms with Gasteiger partial charge in [-0.15, -0.1) is 0 Å². The first-order valence-corrected chi connectivity index (χ1v) is 8.75. The monoisotopic (exact) mass is 388 g/mol. The van der Waals surface area contributed by atoms with E-state index < -0.39 is 44.8 Å². The summed E-state index contributed by atoms with van der Waals surface area (Å²) >= 11 is 0. The van der Waals surface area contributed by atoms with Gasteiger partial charge in [-0.1, -0.05) is 12.1 Å². The quantitative estimate of drug-likeness (QED) is 0.708. The number of nitrogens with one attached hydrogen (secondary N) is 2. The molecule has 0 unspecified atom stereocenters. The van der Waals surface area contributed by atoms with Crippen LogP contribution in [-0.2, 0) is 21.4 Å². The number of sulfonamides is 1. The highest BCUT2D eigenvalue weighted by atomic mass is 32.2. The second-order valence-electron chi connectivity index (χ2n) is 5.12. The normalized spacial score (nSPS) is 11.2. The predicted molar refractivity (Wildman–Crippen MR) is 86.3 cm³/mol. The maximum Gasteiger partial charge on any atom is 0.244 e. The van der Waals surface area contributed by atoms with E-state index in [0.29, 0.717) is 17.9 Å². The molecule has 26 heavy (non-hydrogen) atoms. The van der Waals surface area contributed by atoms with Crippen molar-refractivity contribution in [3.05, 3.63) is 59.4 Å².